The second-order valence-corrected chi connectivity index (χ2v) is 2.51. The van der Waals surface area contributed by atoms with Gasteiger partial charge in [-0.25, -0.2) is 0 Å². The molecule has 1 aromatic carbocycles. The minimum atomic E-state index is -0.535. The summed E-state index contributed by atoms with van der Waals surface area (Å²) in [5, 5.41) is 18.9. The summed E-state index contributed by atoms with van der Waals surface area (Å²) >= 11 is 0. The first kappa shape index (κ1) is 9.91. The van der Waals surface area contributed by atoms with Crippen LogP contribution < -0.4 is 0 Å². The van der Waals surface area contributed by atoms with E-state index in [0.717, 1.165) is 0 Å². The van der Waals surface area contributed by atoms with Crippen molar-refractivity contribution in [3.8, 4) is 0 Å². The molecule has 14 heavy (non-hydrogen) atoms. The van der Waals surface area contributed by atoms with Crippen LogP contribution in [0.5, 0.6) is 0 Å². The number of aliphatic hydroxyl groups is 1. The topological polar surface area (TPSA) is 80.4 Å². The van der Waals surface area contributed by atoms with Crippen LogP contribution in [-0.2, 0) is 4.79 Å². The molecule has 0 aromatic heterocycles. The van der Waals surface area contributed by atoms with Crippen molar-refractivity contribution in [1.29, 1.82) is 0 Å². The lowest BCUT2D eigenvalue weighted by atomic mass is 10.1. The van der Waals surface area contributed by atoms with E-state index in [2.05, 4.69) is 0 Å². The van der Waals surface area contributed by atoms with Gasteiger partial charge in [0.25, 0.3) is 5.69 Å². The number of hydrogen-bond acceptors (Lipinski definition) is 4. The Balaban J connectivity index is 3.05. The molecule has 1 rings (SSSR count). The van der Waals surface area contributed by atoms with E-state index in [1.807, 2.05) is 0 Å². The van der Waals surface area contributed by atoms with Gasteiger partial charge in [-0.15, -0.1) is 0 Å². The normalized spacial score (nSPS) is 11.0. The average Bonchev–Trinajstić information content (AvgIpc) is 2.20. The lowest BCUT2D eigenvalue weighted by molar-refractivity contribution is -0.384. The smallest absolute Gasteiger partial charge is 0.269 e. The van der Waals surface area contributed by atoms with Crippen molar-refractivity contribution in [2.24, 2.45) is 0 Å². The average molecular weight is 193 g/mol. The molecule has 0 unspecified atom stereocenters. The second kappa shape index (κ2) is 4.18. The molecule has 0 aliphatic rings. The first-order chi connectivity index (χ1) is 6.69. The molecule has 0 aliphatic heterocycles. The van der Waals surface area contributed by atoms with Gasteiger partial charge in [-0.3, -0.25) is 14.9 Å². The molecule has 0 heterocycles. The van der Waals surface area contributed by atoms with E-state index >= 15 is 0 Å². The van der Waals surface area contributed by atoms with Crippen molar-refractivity contribution in [2.75, 3.05) is 0 Å². The highest BCUT2D eigenvalue weighted by Crippen LogP contribution is 2.16. The Morgan fingerprint density at radius 3 is 2.29 bits per heavy atom. The van der Waals surface area contributed by atoms with Crippen LogP contribution in [0.1, 0.15) is 5.56 Å². The molecule has 0 fully saturated rings. The van der Waals surface area contributed by atoms with Crippen molar-refractivity contribution in [3.05, 3.63) is 46.2 Å². The van der Waals surface area contributed by atoms with E-state index in [4.69, 9.17) is 5.11 Å². The van der Waals surface area contributed by atoms with Gasteiger partial charge >= 0.3 is 0 Å². The Morgan fingerprint density at radius 1 is 1.36 bits per heavy atom. The maximum Gasteiger partial charge on any atom is 0.269 e. The van der Waals surface area contributed by atoms with Crippen molar-refractivity contribution in [3.63, 3.8) is 0 Å². The monoisotopic (exact) mass is 193 g/mol. The van der Waals surface area contributed by atoms with E-state index in [0.29, 0.717) is 18.1 Å². The second-order valence-electron chi connectivity index (χ2n) is 2.51. The van der Waals surface area contributed by atoms with E-state index in [1.54, 1.807) is 0 Å². The zero-order valence-corrected chi connectivity index (χ0v) is 7.08. The fraction of sp³-hybridized carbons (Fsp3) is 0. The van der Waals surface area contributed by atoms with Crippen molar-refractivity contribution < 1.29 is 14.8 Å². The molecular formula is C9H7NO4. The summed E-state index contributed by atoms with van der Waals surface area (Å²) in [7, 11) is 0. The van der Waals surface area contributed by atoms with Gasteiger partial charge in [0.1, 0.15) is 0 Å². The van der Waals surface area contributed by atoms with Gasteiger partial charge in [-0.2, -0.15) is 0 Å². The van der Waals surface area contributed by atoms with Crippen LogP contribution in [0.2, 0.25) is 0 Å². The molecule has 0 bridgehead atoms. The summed E-state index contributed by atoms with van der Waals surface area (Å²) in [5.74, 6) is 0. The quantitative estimate of drug-likeness (QED) is 0.260. The molecule has 72 valence electrons. The summed E-state index contributed by atoms with van der Waals surface area (Å²) in [5.41, 5.74) is 0.463. The molecular weight excluding hydrogens is 186 g/mol. The van der Waals surface area contributed by atoms with Gasteiger partial charge < -0.3 is 5.11 Å². The van der Waals surface area contributed by atoms with E-state index in [9.17, 15) is 14.9 Å². The van der Waals surface area contributed by atoms with Crippen molar-refractivity contribution in [2.45, 2.75) is 0 Å². The van der Waals surface area contributed by atoms with Crippen LogP contribution in [-0.4, -0.2) is 16.3 Å². The summed E-state index contributed by atoms with van der Waals surface area (Å²) in [6.45, 7) is 0. The van der Waals surface area contributed by atoms with Crippen LogP contribution in [0.15, 0.2) is 30.5 Å². The Kier molecular flexibility index (Phi) is 2.96. The fourth-order valence-corrected chi connectivity index (χ4v) is 0.949. The third-order valence-corrected chi connectivity index (χ3v) is 1.68. The number of benzene rings is 1. The van der Waals surface area contributed by atoms with E-state index in [1.165, 1.54) is 24.3 Å². The number of rotatable bonds is 3. The highest BCUT2D eigenvalue weighted by molar-refractivity contribution is 6.06. The standard InChI is InChI=1S/C9H7NO4/c11-5-8(6-12)7-1-3-9(4-2-7)10(13)14/h1-6,11H/b8-5+. The summed E-state index contributed by atoms with van der Waals surface area (Å²) in [6.07, 6.45) is 1.13. The first-order valence-electron chi connectivity index (χ1n) is 3.73. The van der Waals surface area contributed by atoms with Crippen molar-refractivity contribution >= 4 is 17.5 Å². The maximum absolute atomic E-state index is 10.4. The predicted octanol–water partition coefficient (Wildman–Crippen LogP) is 1.69. The van der Waals surface area contributed by atoms with Gasteiger partial charge in [-0.1, -0.05) is 0 Å². The molecule has 5 heteroatoms. The fourth-order valence-electron chi connectivity index (χ4n) is 0.949. The minimum Gasteiger partial charge on any atom is -0.515 e. The third-order valence-electron chi connectivity index (χ3n) is 1.68. The molecule has 0 spiro atoms. The van der Waals surface area contributed by atoms with Gasteiger partial charge in [0, 0.05) is 12.1 Å². The number of allylic oxidation sites excluding steroid dienone is 1. The number of non-ortho nitro benzene ring substituents is 1. The number of carbonyl (C=O) groups is 1. The summed E-state index contributed by atoms with van der Waals surface area (Å²) in [4.78, 5) is 20.2. The van der Waals surface area contributed by atoms with Crippen LogP contribution in [0.3, 0.4) is 0 Å². The number of aldehydes is 1. The van der Waals surface area contributed by atoms with Gasteiger partial charge in [0.15, 0.2) is 6.29 Å². The largest absolute Gasteiger partial charge is 0.515 e. The number of hydrogen-bond donors (Lipinski definition) is 1. The Hall–Kier alpha value is -2.17. The molecule has 5 nitrogen and oxygen atoms in total. The molecule has 0 saturated heterocycles. The third kappa shape index (κ3) is 1.95. The van der Waals surface area contributed by atoms with E-state index < -0.39 is 4.92 Å². The van der Waals surface area contributed by atoms with Crippen molar-refractivity contribution in [1.82, 2.24) is 0 Å². The number of nitrogens with zero attached hydrogens (tertiary/aromatic N) is 1. The first-order valence-corrected chi connectivity index (χ1v) is 3.73. The summed E-state index contributed by atoms with van der Waals surface area (Å²) in [6, 6.07) is 5.33. The van der Waals surface area contributed by atoms with E-state index in [-0.39, 0.29) is 11.3 Å². The minimum absolute atomic E-state index is 0.0584. The number of carbonyl (C=O) groups excluding carboxylic acids is 1. The lowest BCUT2D eigenvalue weighted by Gasteiger charge is -1.97. The predicted molar refractivity (Wildman–Crippen MR) is 49.8 cm³/mol. The molecule has 0 amide bonds. The molecule has 0 aliphatic carbocycles. The number of aliphatic hydroxyl groups excluding tert-OH is 1. The molecule has 0 saturated carbocycles. The molecule has 0 atom stereocenters. The Labute approximate surface area is 79.4 Å². The van der Waals surface area contributed by atoms with Gasteiger partial charge in [-0.05, 0) is 17.7 Å². The number of nitro groups is 1. The maximum atomic E-state index is 10.4. The Bertz CT molecular complexity index is 380. The highest BCUT2D eigenvalue weighted by Gasteiger charge is 2.05. The zero-order chi connectivity index (χ0) is 10.6. The Morgan fingerprint density at radius 2 is 1.93 bits per heavy atom. The summed E-state index contributed by atoms with van der Waals surface area (Å²) < 4.78 is 0. The van der Waals surface area contributed by atoms with Gasteiger partial charge in [0.05, 0.1) is 16.8 Å². The highest BCUT2D eigenvalue weighted by atomic mass is 16.6. The van der Waals surface area contributed by atoms with Crippen LogP contribution in [0.4, 0.5) is 5.69 Å². The zero-order valence-electron chi connectivity index (χ0n) is 7.08. The van der Waals surface area contributed by atoms with Crippen LogP contribution in [0, 0.1) is 10.1 Å². The SMILES string of the molecule is O=C/C(=C\O)c1ccc([N+](=O)[O-])cc1. The van der Waals surface area contributed by atoms with Crippen LogP contribution >= 0.6 is 0 Å². The van der Waals surface area contributed by atoms with Gasteiger partial charge in [0.2, 0.25) is 0 Å². The molecule has 1 N–H and O–H groups in total. The molecule has 1 aromatic rings. The number of nitro benzene ring substituents is 1. The van der Waals surface area contributed by atoms with Crippen LogP contribution in [0.25, 0.3) is 5.57 Å². The molecule has 0 radical (unpaired) electrons. The lowest BCUT2D eigenvalue weighted by Crippen LogP contribution is -1.89.